The number of alkyl halides is 2. The molecule has 3 atom stereocenters. The highest BCUT2D eigenvalue weighted by atomic mass is 19.3. The minimum absolute atomic E-state index is 0.130. The zero-order valence-corrected chi connectivity index (χ0v) is 15.9. The van der Waals surface area contributed by atoms with Crippen LogP contribution >= 0.6 is 0 Å². The van der Waals surface area contributed by atoms with E-state index in [-0.39, 0.29) is 17.5 Å². The van der Waals surface area contributed by atoms with Crippen LogP contribution in [0.2, 0.25) is 0 Å². The Morgan fingerprint density at radius 1 is 1.00 bits per heavy atom. The number of aromatic amines is 1. The Kier molecular flexibility index (Phi) is 5.53. The van der Waals surface area contributed by atoms with Crippen molar-refractivity contribution < 1.29 is 8.78 Å². The molecule has 0 unspecified atom stereocenters. The number of likely N-dealkylation sites (tertiary alicyclic amines) is 1. The number of H-pyrrole nitrogens is 1. The van der Waals surface area contributed by atoms with Crippen LogP contribution in [-0.2, 0) is 0 Å². The van der Waals surface area contributed by atoms with Crippen molar-refractivity contribution in [2.24, 2.45) is 0 Å². The maximum absolute atomic E-state index is 13.0. The fraction of sp³-hybridized carbons (Fsp3) is 0.348. The highest BCUT2D eigenvalue weighted by Gasteiger charge is 2.36. The van der Waals surface area contributed by atoms with Crippen molar-refractivity contribution in [2.45, 2.75) is 31.1 Å². The summed E-state index contributed by atoms with van der Waals surface area (Å²) < 4.78 is 26.1. The van der Waals surface area contributed by atoms with E-state index in [0.29, 0.717) is 5.92 Å². The van der Waals surface area contributed by atoms with Crippen LogP contribution in [0.5, 0.6) is 0 Å². The standard InChI is InChI=1S/C23H25F2N3/c1-16(17-8-4-2-5-9-17)13-28-14-19(18-10-6-3-7-11-18)20(15-28)21-12-22(23(24)25)27-26-21/h2-12,16,19-20,23H,13-15H2,1H3,(H,26,27)/t16-,19+,20-/m1/s1. The molecule has 3 nitrogen and oxygen atoms in total. The monoisotopic (exact) mass is 381 g/mol. The smallest absolute Gasteiger partial charge is 0.282 e. The summed E-state index contributed by atoms with van der Waals surface area (Å²) in [6, 6.07) is 22.4. The molecule has 0 amide bonds. The molecule has 28 heavy (non-hydrogen) atoms. The van der Waals surface area contributed by atoms with E-state index in [4.69, 9.17) is 0 Å². The lowest BCUT2D eigenvalue weighted by atomic mass is 9.87. The first-order chi connectivity index (χ1) is 13.6. The summed E-state index contributed by atoms with van der Waals surface area (Å²) in [4.78, 5) is 2.45. The third-order valence-corrected chi connectivity index (χ3v) is 5.76. The molecule has 1 saturated heterocycles. The van der Waals surface area contributed by atoms with Gasteiger partial charge in [-0.3, -0.25) is 5.10 Å². The summed E-state index contributed by atoms with van der Waals surface area (Å²) in [6.45, 7) is 4.93. The van der Waals surface area contributed by atoms with E-state index in [1.54, 1.807) is 0 Å². The van der Waals surface area contributed by atoms with Crippen molar-refractivity contribution in [1.29, 1.82) is 0 Å². The molecule has 0 bridgehead atoms. The lowest BCUT2D eigenvalue weighted by Gasteiger charge is -2.21. The van der Waals surface area contributed by atoms with Crippen LogP contribution in [0.15, 0.2) is 66.7 Å². The van der Waals surface area contributed by atoms with Crippen LogP contribution in [0.1, 0.15) is 53.6 Å². The first-order valence-corrected chi connectivity index (χ1v) is 9.77. The van der Waals surface area contributed by atoms with Gasteiger partial charge in [-0.1, -0.05) is 67.6 Å². The number of nitrogens with one attached hydrogen (secondary N) is 1. The molecule has 5 heteroatoms. The molecule has 3 aromatic rings. The van der Waals surface area contributed by atoms with Crippen molar-refractivity contribution in [1.82, 2.24) is 15.1 Å². The molecule has 1 fully saturated rings. The molecule has 1 aliphatic heterocycles. The van der Waals surface area contributed by atoms with Gasteiger partial charge >= 0.3 is 0 Å². The van der Waals surface area contributed by atoms with Crippen LogP contribution in [0.25, 0.3) is 0 Å². The molecule has 1 aliphatic rings. The molecule has 2 heterocycles. The lowest BCUT2D eigenvalue weighted by Crippen LogP contribution is -2.25. The molecule has 0 spiro atoms. The second-order valence-electron chi connectivity index (χ2n) is 7.70. The number of aromatic nitrogens is 2. The molecule has 0 aliphatic carbocycles. The third kappa shape index (κ3) is 3.99. The maximum Gasteiger partial charge on any atom is 0.282 e. The van der Waals surface area contributed by atoms with Crippen molar-refractivity contribution in [3.05, 3.63) is 89.2 Å². The van der Waals surface area contributed by atoms with Crippen LogP contribution in [0, 0.1) is 0 Å². The number of benzene rings is 2. The minimum Gasteiger partial charge on any atom is -0.301 e. The third-order valence-electron chi connectivity index (χ3n) is 5.76. The predicted molar refractivity (Wildman–Crippen MR) is 107 cm³/mol. The highest BCUT2D eigenvalue weighted by molar-refractivity contribution is 5.29. The molecule has 0 radical (unpaired) electrons. The summed E-state index contributed by atoms with van der Waals surface area (Å²) in [6.07, 6.45) is -2.55. The Morgan fingerprint density at radius 3 is 2.29 bits per heavy atom. The van der Waals surface area contributed by atoms with Gasteiger partial charge in [-0.2, -0.15) is 5.10 Å². The van der Waals surface area contributed by atoms with E-state index in [2.05, 4.69) is 58.4 Å². The van der Waals surface area contributed by atoms with Crippen molar-refractivity contribution in [3.8, 4) is 0 Å². The van der Waals surface area contributed by atoms with Gasteiger partial charge in [0.15, 0.2) is 0 Å². The van der Waals surface area contributed by atoms with E-state index >= 15 is 0 Å². The van der Waals surface area contributed by atoms with Crippen LogP contribution < -0.4 is 0 Å². The van der Waals surface area contributed by atoms with E-state index in [1.807, 2.05) is 24.3 Å². The van der Waals surface area contributed by atoms with Gasteiger partial charge in [-0.25, -0.2) is 8.78 Å². The van der Waals surface area contributed by atoms with Crippen molar-refractivity contribution in [2.75, 3.05) is 19.6 Å². The second kappa shape index (κ2) is 8.23. The maximum atomic E-state index is 13.0. The Morgan fingerprint density at radius 2 is 1.64 bits per heavy atom. The lowest BCUT2D eigenvalue weighted by molar-refractivity contribution is 0.146. The second-order valence-corrected chi connectivity index (χ2v) is 7.70. The van der Waals surface area contributed by atoms with Gasteiger partial charge in [0.25, 0.3) is 6.43 Å². The summed E-state index contributed by atoms with van der Waals surface area (Å²) >= 11 is 0. The number of hydrogen-bond acceptors (Lipinski definition) is 2. The normalized spacial score (nSPS) is 21.3. The van der Waals surface area contributed by atoms with Crippen molar-refractivity contribution in [3.63, 3.8) is 0 Å². The number of rotatable bonds is 6. The zero-order valence-electron chi connectivity index (χ0n) is 15.9. The first kappa shape index (κ1) is 18.8. The van der Waals surface area contributed by atoms with Crippen LogP contribution in [0.4, 0.5) is 8.78 Å². The molecule has 146 valence electrons. The van der Waals surface area contributed by atoms with E-state index in [0.717, 1.165) is 25.3 Å². The summed E-state index contributed by atoms with van der Waals surface area (Å²) in [5.41, 5.74) is 3.20. The molecule has 0 saturated carbocycles. The van der Waals surface area contributed by atoms with E-state index in [1.165, 1.54) is 17.2 Å². The Hall–Kier alpha value is -2.53. The average molecular weight is 381 g/mol. The summed E-state index contributed by atoms with van der Waals surface area (Å²) in [5.74, 6) is 0.801. The summed E-state index contributed by atoms with van der Waals surface area (Å²) in [5, 5.41) is 6.71. The quantitative estimate of drug-likeness (QED) is 0.625. The molecule has 4 rings (SSSR count). The van der Waals surface area contributed by atoms with Gasteiger partial charge in [0.1, 0.15) is 5.69 Å². The molecule has 1 N–H and O–H groups in total. The SMILES string of the molecule is C[C@H](CN1C[C@@H](c2ccccc2)[C@H](c2cc(C(F)F)n[nH]2)C1)c1ccccc1. The van der Waals surface area contributed by atoms with Gasteiger partial charge in [0.05, 0.1) is 0 Å². The fourth-order valence-corrected chi connectivity index (χ4v) is 4.32. The zero-order chi connectivity index (χ0) is 19.5. The van der Waals surface area contributed by atoms with Gasteiger partial charge < -0.3 is 4.90 Å². The molecule has 1 aromatic heterocycles. The van der Waals surface area contributed by atoms with Crippen LogP contribution in [-0.4, -0.2) is 34.7 Å². The molecular weight excluding hydrogens is 356 g/mol. The summed E-state index contributed by atoms with van der Waals surface area (Å²) in [7, 11) is 0. The van der Waals surface area contributed by atoms with E-state index < -0.39 is 6.43 Å². The first-order valence-electron chi connectivity index (χ1n) is 9.77. The Bertz CT molecular complexity index is 879. The average Bonchev–Trinajstić information content (AvgIpc) is 3.36. The van der Waals surface area contributed by atoms with Crippen molar-refractivity contribution >= 4 is 0 Å². The number of hydrogen-bond donors (Lipinski definition) is 1. The van der Waals surface area contributed by atoms with Gasteiger partial charge in [-0.05, 0) is 23.1 Å². The van der Waals surface area contributed by atoms with Gasteiger partial charge in [-0.15, -0.1) is 0 Å². The van der Waals surface area contributed by atoms with Gasteiger partial charge in [0, 0.05) is 37.2 Å². The molecular formula is C23H25F2N3. The minimum atomic E-state index is -2.55. The Labute approximate surface area is 164 Å². The molecule has 2 aromatic carbocycles. The van der Waals surface area contributed by atoms with Gasteiger partial charge in [0.2, 0.25) is 0 Å². The fourth-order valence-electron chi connectivity index (χ4n) is 4.32. The number of halogens is 2. The van der Waals surface area contributed by atoms with E-state index in [9.17, 15) is 8.78 Å². The number of nitrogens with zero attached hydrogens (tertiary/aromatic N) is 2. The predicted octanol–water partition coefficient (Wildman–Crippen LogP) is 5.33. The Balaban J connectivity index is 1.56. The van der Waals surface area contributed by atoms with Crippen LogP contribution in [0.3, 0.4) is 0 Å². The largest absolute Gasteiger partial charge is 0.301 e. The highest BCUT2D eigenvalue weighted by Crippen LogP contribution is 2.40. The topological polar surface area (TPSA) is 31.9 Å².